The van der Waals surface area contributed by atoms with Crippen LogP contribution in [0, 0.1) is 5.92 Å². The standard InChI is InChI=1S/C17H22N2O2S2/c1-11(2)17(15-7-5-9-23-15)19-16(21)10-13(18-12(3)20)14-6-4-8-22-14/h4-9,11,13,17H,10H2,1-3H3,(H,18,20)(H,19,21)/t13-,17+/m0/s1. The van der Waals surface area contributed by atoms with Gasteiger partial charge in [-0.25, -0.2) is 0 Å². The number of hydrogen-bond donors (Lipinski definition) is 2. The summed E-state index contributed by atoms with van der Waals surface area (Å²) in [5.41, 5.74) is 0. The van der Waals surface area contributed by atoms with Gasteiger partial charge in [-0.3, -0.25) is 9.59 Å². The van der Waals surface area contributed by atoms with Crippen LogP contribution in [0.25, 0.3) is 0 Å². The fourth-order valence-electron chi connectivity index (χ4n) is 2.41. The molecule has 0 spiro atoms. The van der Waals surface area contributed by atoms with Crippen LogP contribution < -0.4 is 10.6 Å². The Morgan fingerprint density at radius 2 is 1.65 bits per heavy atom. The van der Waals surface area contributed by atoms with Crippen molar-refractivity contribution >= 4 is 34.5 Å². The van der Waals surface area contributed by atoms with E-state index in [4.69, 9.17) is 0 Å². The van der Waals surface area contributed by atoms with E-state index in [1.807, 2.05) is 35.0 Å². The molecule has 4 nitrogen and oxygen atoms in total. The van der Waals surface area contributed by atoms with Crippen molar-refractivity contribution in [2.45, 2.75) is 39.3 Å². The van der Waals surface area contributed by atoms with E-state index in [1.54, 1.807) is 22.7 Å². The number of carbonyl (C=O) groups is 2. The number of carbonyl (C=O) groups excluding carboxylic acids is 2. The monoisotopic (exact) mass is 350 g/mol. The van der Waals surface area contributed by atoms with E-state index in [1.165, 1.54) is 6.92 Å². The molecule has 0 aromatic carbocycles. The summed E-state index contributed by atoms with van der Waals surface area (Å²) in [6.07, 6.45) is 0.245. The zero-order valence-corrected chi connectivity index (χ0v) is 15.2. The van der Waals surface area contributed by atoms with Crippen molar-refractivity contribution in [1.82, 2.24) is 10.6 Å². The summed E-state index contributed by atoms with van der Waals surface area (Å²) in [5, 5.41) is 9.94. The normalized spacial score (nSPS) is 13.6. The van der Waals surface area contributed by atoms with E-state index in [0.717, 1.165) is 9.75 Å². The van der Waals surface area contributed by atoms with Gasteiger partial charge in [0, 0.05) is 16.7 Å². The van der Waals surface area contributed by atoms with Crippen LogP contribution in [0.15, 0.2) is 35.0 Å². The minimum absolute atomic E-state index is 0.00353. The Morgan fingerprint density at radius 1 is 1.04 bits per heavy atom. The number of amides is 2. The zero-order valence-electron chi connectivity index (χ0n) is 13.5. The smallest absolute Gasteiger partial charge is 0.222 e. The molecule has 2 heterocycles. The predicted octanol–water partition coefficient (Wildman–Crippen LogP) is 3.89. The van der Waals surface area contributed by atoms with E-state index in [-0.39, 0.29) is 30.3 Å². The van der Waals surface area contributed by atoms with Crippen molar-refractivity contribution in [3.8, 4) is 0 Å². The van der Waals surface area contributed by atoms with Crippen molar-refractivity contribution in [2.75, 3.05) is 0 Å². The van der Waals surface area contributed by atoms with E-state index >= 15 is 0 Å². The maximum absolute atomic E-state index is 12.5. The molecule has 2 atom stereocenters. The molecule has 0 aliphatic heterocycles. The van der Waals surface area contributed by atoms with Gasteiger partial charge in [0.1, 0.15) is 0 Å². The number of nitrogens with one attached hydrogen (secondary N) is 2. The maximum atomic E-state index is 12.5. The van der Waals surface area contributed by atoms with Crippen LogP contribution in [0.5, 0.6) is 0 Å². The van der Waals surface area contributed by atoms with Gasteiger partial charge in [-0.1, -0.05) is 26.0 Å². The Bertz CT molecular complexity index is 621. The molecule has 23 heavy (non-hydrogen) atoms. The Balaban J connectivity index is 2.04. The van der Waals surface area contributed by atoms with E-state index in [9.17, 15) is 9.59 Å². The van der Waals surface area contributed by atoms with Crippen molar-refractivity contribution in [2.24, 2.45) is 5.92 Å². The Kier molecular flexibility index (Phi) is 6.36. The van der Waals surface area contributed by atoms with Crippen molar-refractivity contribution in [3.63, 3.8) is 0 Å². The van der Waals surface area contributed by atoms with Gasteiger partial charge in [-0.2, -0.15) is 0 Å². The zero-order chi connectivity index (χ0) is 16.8. The fourth-order valence-corrected chi connectivity index (χ4v) is 4.14. The molecule has 2 aromatic rings. The lowest BCUT2D eigenvalue weighted by atomic mass is 10.0. The number of rotatable bonds is 7. The average Bonchev–Trinajstić information content (AvgIpc) is 3.16. The predicted molar refractivity (Wildman–Crippen MR) is 95.5 cm³/mol. The molecule has 2 aromatic heterocycles. The summed E-state index contributed by atoms with van der Waals surface area (Å²) in [6, 6.07) is 7.63. The van der Waals surface area contributed by atoms with Gasteiger partial charge in [0.25, 0.3) is 0 Å². The first-order chi connectivity index (χ1) is 11.0. The molecule has 124 valence electrons. The molecule has 2 N–H and O–H groups in total. The van der Waals surface area contributed by atoms with Crippen LogP contribution in [0.1, 0.15) is 49.0 Å². The van der Waals surface area contributed by atoms with Crippen LogP contribution >= 0.6 is 22.7 Å². The third-order valence-electron chi connectivity index (χ3n) is 3.49. The third kappa shape index (κ3) is 5.18. The number of thiophene rings is 2. The Labute approximate surface area is 144 Å². The first-order valence-corrected chi connectivity index (χ1v) is 9.36. The second kappa shape index (κ2) is 8.26. The SMILES string of the molecule is CC(=O)N[C@@H](CC(=O)N[C@@H](c1cccs1)C(C)C)c1cccs1. The average molecular weight is 351 g/mol. The van der Waals surface area contributed by atoms with Gasteiger partial charge < -0.3 is 10.6 Å². The van der Waals surface area contributed by atoms with Gasteiger partial charge in [0.15, 0.2) is 0 Å². The summed E-state index contributed by atoms with van der Waals surface area (Å²) in [7, 11) is 0. The lowest BCUT2D eigenvalue weighted by Crippen LogP contribution is -2.35. The highest BCUT2D eigenvalue weighted by molar-refractivity contribution is 7.10. The minimum atomic E-state index is -0.274. The first-order valence-electron chi connectivity index (χ1n) is 7.60. The summed E-state index contributed by atoms with van der Waals surface area (Å²) in [6.45, 7) is 5.66. The molecule has 0 radical (unpaired) electrons. The lowest BCUT2D eigenvalue weighted by molar-refractivity contribution is -0.123. The van der Waals surface area contributed by atoms with Crippen molar-refractivity contribution in [3.05, 3.63) is 44.8 Å². The van der Waals surface area contributed by atoms with Crippen molar-refractivity contribution in [1.29, 1.82) is 0 Å². The molecule has 2 rings (SSSR count). The second-order valence-electron chi connectivity index (χ2n) is 5.78. The largest absolute Gasteiger partial charge is 0.348 e. The third-order valence-corrected chi connectivity index (χ3v) is 5.43. The van der Waals surface area contributed by atoms with Crippen molar-refractivity contribution < 1.29 is 9.59 Å². The molecule has 2 amide bonds. The molecule has 0 saturated carbocycles. The highest BCUT2D eigenvalue weighted by Crippen LogP contribution is 2.27. The van der Waals surface area contributed by atoms with Gasteiger partial charge >= 0.3 is 0 Å². The Hall–Kier alpha value is -1.66. The lowest BCUT2D eigenvalue weighted by Gasteiger charge is -2.23. The molecule has 6 heteroatoms. The molecular weight excluding hydrogens is 328 g/mol. The van der Waals surface area contributed by atoms with Crippen LogP contribution in [0.3, 0.4) is 0 Å². The van der Waals surface area contributed by atoms with E-state index in [2.05, 4.69) is 24.5 Å². The molecule has 0 aliphatic rings. The molecule has 0 saturated heterocycles. The topological polar surface area (TPSA) is 58.2 Å². The van der Waals surface area contributed by atoms with Gasteiger partial charge in [0.2, 0.25) is 11.8 Å². The quantitative estimate of drug-likeness (QED) is 0.796. The summed E-state index contributed by atoms with van der Waals surface area (Å²) in [4.78, 5) is 26.0. The minimum Gasteiger partial charge on any atom is -0.348 e. The van der Waals surface area contributed by atoms with E-state index in [0.29, 0.717) is 5.92 Å². The Morgan fingerprint density at radius 3 is 2.13 bits per heavy atom. The second-order valence-corrected chi connectivity index (χ2v) is 7.74. The highest BCUT2D eigenvalue weighted by atomic mass is 32.1. The van der Waals surface area contributed by atoms with Crippen LogP contribution in [-0.2, 0) is 9.59 Å². The maximum Gasteiger partial charge on any atom is 0.222 e. The number of hydrogen-bond acceptors (Lipinski definition) is 4. The highest BCUT2D eigenvalue weighted by Gasteiger charge is 2.23. The summed E-state index contributed by atoms with van der Waals surface area (Å²) < 4.78 is 0. The van der Waals surface area contributed by atoms with Gasteiger partial charge in [0.05, 0.1) is 18.5 Å². The van der Waals surface area contributed by atoms with Crippen LogP contribution in [-0.4, -0.2) is 11.8 Å². The molecule has 0 bridgehead atoms. The molecule has 0 fully saturated rings. The fraction of sp³-hybridized carbons (Fsp3) is 0.412. The summed E-state index contributed by atoms with van der Waals surface area (Å²) in [5.74, 6) is 0.123. The molecule has 0 unspecified atom stereocenters. The van der Waals surface area contributed by atoms with E-state index < -0.39 is 0 Å². The molecular formula is C17H22N2O2S2. The summed E-state index contributed by atoms with van der Waals surface area (Å²) >= 11 is 3.19. The van der Waals surface area contributed by atoms with Crippen LogP contribution in [0.4, 0.5) is 0 Å². The molecule has 0 aliphatic carbocycles. The van der Waals surface area contributed by atoms with Gasteiger partial charge in [-0.15, -0.1) is 22.7 Å². The van der Waals surface area contributed by atoms with Crippen LogP contribution in [0.2, 0.25) is 0 Å². The van der Waals surface area contributed by atoms with Gasteiger partial charge in [-0.05, 0) is 28.8 Å². The first kappa shape index (κ1) is 17.7.